The van der Waals surface area contributed by atoms with Crippen LogP contribution >= 0.6 is 0 Å². The second-order valence-electron chi connectivity index (χ2n) is 5.95. The molecule has 0 radical (unpaired) electrons. The summed E-state index contributed by atoms with van der Waals surface area (Å²) < 4.78 is 6.04. The molecule has 4 heteroatoms. The molecule has 1 N–H and O–H groups in total. The van der Waals surface area contributed by atoms with E-state index in [2.05, 4.69) is 36.9 Å². The molecule has 1 aromatic carbocycles. The number of nitrogens with zero attached hydrogens (tertiary/aromatic N) is 1. The molecule has 21 heavy (non-hydrogen) atoms. The first-order valence-electron chi connectivity index (χ1n) is 7.66. The van der Waals surface area contributed by atoms with Crippen LogP contribution in [0.2, 0.25) is 0 Å². The molecule has 1 fully saturated rings. The molecule has 2 rings (SSSR count). The van der Waals surface area contributed by atoms with Crippen LogP contribution in [0.25, 0.3) is 0 Å². The molecule has 1 heterocycles. The van der Waals surface area contributed by atoms with Crippen molar-refractivity contribution in [2.24, 2.45) is 0 Å². The predicted octanol–water partition coefficient (Wildman–Crippen LogP) is 2.76. The Hall–Kier alpha value is -1.39. The molecule has 1 atom stereocenters. The zero-order chi connectivity index (χ0) is 15.2. The quantitative estimate of drug-likeness (QED) is 0.875. The molecule has 4 nitrogen and oxygen atoms in total. The summed E-state index contributed by atoms with van der Waals surface area (Å²) in [5.41, 5.74) is 3.78. The molecule has 1 aliphatic heterocycles. The van der Waals surface area contributed by atoms with E-state index in [0.29, 0.717) is 13.2 Å². The van der Waals surface area contributed by atoms with E-state index in [4.69, 9.17) is 9.84 Å². The maximum atomic E-state index is 10.6. The summed E-state index contributed by atoms with van der Waals surface area (Å²) in [6.07, 6.45) is 2.57. The third-order valence-electron chi connectivity index (χ3n) is 4.08. The van der Waals surface area contributed by atoms with E-state index in [-0.39, 0.29) is 12.5 Å². The molecule has 1 aliphatic rings. The van der Waals surface area contributed by atoms with Gasteiger partial charge in [0.1, 0.15) is 0 Å². The maximum Gasteiger partial charge on any atom is 0.304 e. The lowest BCUT2D eigenvalue weighted by molar-refractivity contribution is -0.137. The van der Waals surface area contributed by atoms with Crippen LogP contribution in [0.1, 0.15) is 36.0 Å². The highest BCUT2D eigenvalue weighted by Gasteiger charge is 2.20. The molecule has 1 aromatic rings. The number of piperidine rings is 1. The van der Waals surface area contributed by atoms with Gasteiger partial charge >= 0.3 is 5.97 Å². The van der Waals surface area contributed by atoms with Crippen LogP contribution in [0.5, 0.6) is 0 Å². The lowest BCUT2D eigenvalue weighted by Crippen LogP contribution is -2.40. The summed E-state index contributed by atoms with van der Waals surface area (Å²) in [5, 5.41) is 8.76. The van der Waals surface area contributed by atoms with Crippen molar-refractivity contribution in [3.63, 3.8) is 0 Å². The van der Waals surface area contributed by atoms with Crippen molar-refractivity contribution in [3.8, 4) is 0 Å². The van der Waals surface area contributed by atoms with Crippen LogP contribution in [0.3, 0.4) is 0 Å². The van der Waals surface area contributed by atoms with E-state index in [0.717, 1.165) is 25.9 Å². The van der Waals surface area contributed by atoms with Crippen molar-refractivity contribution in [2.45, 2.75) is 45.8 Å². The molecule has 116 valence electrons. The molecular weight excluding hydrogens is 266 g/mol. The van der Waals surface area contributed by atoms with Crippen LogP contribution in [0.15, 0.2) is 18.2 Å². The minimum atomic E-state index is -0.728. The van der Waals surface area contributed by atoms with Crippen LogP contribution < -0.4 is 0 Å². The summed E-state index contributed by atoms with van der Waals surface area (Å²) >= 11 is 0. The Bertz CT molecular complexity index is 487. The van der Waals surface area contributed by atoms with E-state index in [9.17, 15) is 4.79 Å². The summed E-state index contributed by atoms with van der Waals surface area (Å²) in [4.78, 5) is 12.8. The highest BCUT2D eigenvalue weighted by atomic mass is 16.5. The van der Waals surface area contributed by atoms with E-state index >= 15 is 0 Å². The molecule has 0 saturated carbocycles. The van der Waals surface area contributed by atoms with Gasteiger partial charge in [-0.3, -0.25) is 4.79 Å². The fraction of sp³-hybridized carbons (Fsp3) is 0.588. The number of benzene rings is 1. The Balaban J connectivity index is 1.81. The van der Waals surface area contributed by atoms with Gasteiger partial charge in [-0.15, -0.1) is 0 Å². The topological polar surface area (TPSA) is 49.8 Å². The second-order valence-corrected chi connectivity index (χ2v) is 5.95. The van der Waals surface area contributed by atoms with E-state index in [1.165, 1.54) is 16.7 Å². The fourth-order valence-electron chi connectivity index (χ4n) is 2.82. The van der Waals surface area contributed by atoms with Crippen LogP contribution in [0, 0.1) is 13.8 Å². The minimum Gasteiger partial charge on any atom is -0.481 e. The van der Waals surface area contributed by atoms with Crippen molar-refractivity contribution in [2.75, 3.05) is 19.6 Å². The number of hydrogen-bond donors (Lipinski definition) is 1. The van der Waals surface area contributed by atoms with Gasteiger partial charge in [0.05, 0.1) is 19.1 Å². The number of carbonyl (C=O) groups is 1. The number of likely N-dealkylation sites (tertiary alicyclic amines) is 1. The third kappa shape index (κ3) is 5.14. The summed E-state index contributed by atoms with van der Waals surface area (Å²) in [6.45, 7) is 7.31. The van der Waals surface area contributed by atoms with E-state index in [1.54, 1.807) is 0 Å². The van der Waals surface area contributed by atoms with Gasteiger partial charge < -0.3 is 14.7 Å². The fourth-order valence-corrected chi connectivity index (χ4v) is 2.82. The zero-order valence-corrected chi connectivity index (χ0v) is 13.0. The van der Waals surface area contributed by atoms with Gasteiger partial charge in [-0.25, -0.2) is 0 Å². The third-order valence-corrected chi connectivity index (χ3v) is 4.08. The average molecular weight is 291 g/mol. The first-order chi connectivity index (χ1) is 10.0. The first kappa shape index (κ1) is 16.0. The zero-order valence-electron chi connectivity index (χ0n) is 13.0. The Morgan fingerprint density at radius 3 is 2.95 bits per heavy atom. The molecule has 0 bridgehead atoms. The lowest BCUT2D eigenvalue weighted by atomic mass is 10.1. The van der Waals surface area contributed by atoms with Crippen LogP contribution in [-0.2, 0) is 16.1 Å². The van der Waals surface area contributed by atoms with Crippen molar-refractivity contribution < 1.29 is 14.6 Å². The van der Waals surface area contributed by atoms with Crippen LogP contribution in [0.4, 0.5) is 0 Å². The highest BCUT2D eigenvalue weighted by molar-refractivity contribution is 5.66. The van der Waals surface area contributed by atoms with Crippen molar-refractivity contribution >= 4 is 5.97 Å². The summed E-state index contributed by atoms with van der Waals surface area (Å²) in [7, 11) is 0. The number of ether oxygens (including phenoxy) is 1. The largest absolute Gasteiger partial charge is 0.481 e. The number of hydrogen-bond acceptors (Lipinski definition) is 3. The molecule has 1 saturated heterocycles. The number of rotatable bonds is 6. The number of carboxylic acids is 1. The molecule has 0 amide bonds. The average Bonchev–Trinajstić information content (AvgIpc) is 2.45. The molecule has 0 aromatic heterocycles. The van der Waals surface area contributed by atoms with Crippen molar-refractivity contribution in [1.29, 1.82) is 0 Å². The van der Waals surface area contributed by atoms with Gasteiger partial charge in [-0.2, -0.15) is 0 Å². The monoisotopic (exact) mass is 291 g/mol. The Morgan fingerprint density at radius 1 is 1.43 bits per heavy atom. The Labute approximate surface area is 126 Å². The first-order valence-corrected chi connectivity index (χ1v) is 7.66. The van der Waals surface area contributed by atoms with Gasteiger partial charge in [0, 0.05) is 13.1 Å². The van der Waals surface area contributed by atoms with Crippen molar-refractivity contribution in [3.05, 3.63) is 34.9 Å². The number of aryl methyl sites for hydroxylation is 2. The van der Waals surface area contributed by atoms with Crippen molar-refractivity contribution in [1.82, 2.24) is 4.90 Å². The van der Waals surface area contributed by atoms with Gasteiger partial charge in [-0.05, 0) is 44.4 Å². The highest BCUT2D eigenvalue weighted by Crippen LogP contribution is 2.17. The summed E-state index contributed by atoms with van der Waals surface area (Å²) in [5.74, 6) is -0.728. The molecule has 1 unspecified atom stereocenters. The Kier molecular flexibility index (Phi) is 5.76. The number of carboxylic acid groups (broad SMARTS) is 1. The smallest absolute Gasteiger partial charge is 0.304 e. The molecular formula is C17H25NO3. The second kappa shape index (κ2) is 7.57. The normalized spacial score (nSPS) is 19.6. The van der Waals surface area contributed by atoms with Gasteiger partial charge in [0.25, 0.3) is 0 Å². The molecule has 0 spiro atoms. The number of aliphatic carboxylic acids is 1. The predicted molar refractivity (Wildman–Crippen MR) is 82.4 cm³/mol. The van der Waals surface area contributed by atoms with Gasteiger partial charge in [0.15, 0.2) is 0 Å². The van der Waals surface area contributed by atoms with E-state index < -0.39 is 5.97 Å². The van der Waals surface area contributed by atoms with Crippen LogP contribution in [-0.4, -0.2) is 41.7 Å². The van der Waals surface area contributed by atoms with Gasteiger partial charge in [0.2, 0.25) is 0 Å². The molecule has 0 aliphatic carbocycles. The standard InChI is InChI=1S/C17H25NO3/c1-13-5-6-15(14(2)10-13)12-21-16-4-3-8-18(11-16)9-7-17(19)20/h5-6,10,16H,3-4,7-9,11-12H2,1-2H3,(H,19,20). The van der Waals surface area contributed by atoms with Gasteiger partial charge in [-0.1, -0.05) is 23.8 Å². The summed E-state index contributed by atoms with van der Waals surface area (Å²) in [6, 6.07) is 6.43. The van der Waals surface area contributed by atoms with E-state index in [1.807, 2.05) is 0 Å². The maximum absolute atomic E-state index is 10.6. The Morgan fingerprint density at radius 2 is 2.24 bits per heavy atom. The minimum absolute atomic E-state index is 0.212. The SMILES string of the molecule is Cc1ccc(COC2CCCN(CCC(=O)O)C2)c(C)c1. The lowest BCUT2D eigenvalue weighted by Gasteiger charge is -2.32.